The third kappa shape index (κ3) is 4.20. The molecule has 0 aliphatic carbocycles. The van der Waals surface area contributed by atoms with Crippen molar-refractivity contribution in [2.45, 2.75) is 12.6 Å². The fourth-order valence-electron chi connectivity index (χ4n) is 2.33. The summed E-state index contributed by atoms with van der Waals surface area (Å²) in [5, 5.41) is 13.1. The first-order valence-electron chi connectivity index (χ1n) is 7.72. The maximum Gasteiger partial charge on any atom is 0.231 e. The number of aliphatic hydroxyl groups is 1. The van der Waals surface area contributed by atoms with Gasteiger partial charge in [0, 0.05) is 19.2 Å². The van der Waals surface area contributed by atoms with E-state index in [1.54, 1.807) is 18.2 Å². The predicted molar refractivity (Wildman–Crippen MR) is 88.8 cm³/mol. The SMILES string of the molecule is COc1ncnc(N)c1CNCC(O)COc1ccc2c(c1)OCO2. The number of hydrogen-bond acceptors (Lipinski definition) is 9. The van der Waals surface area contributed by atoms with Crippen LogP contribution in [0.1, 0.15) is 5.56 Å². The van der Waals surface area contributed by atoms with E-state index in [1.807, 2.05) is 0 Å². The van der Waals surface area contributed by atoms with Gasteiger partial charge in [-0.15, -0.1) is 0 Å². The van der Waals surface area contributed by atoms with Gasteiger partial charge in [0.1, 0.15) is 30.6 Å². The number of nitrogen functional groups attached to an aromatic ring is 1. The second-order valence-electron chi connectivity index (χ2n) is 5.36. The number of aliphatic hydroxyl groups excluding tert-OH is 1. The molecule has 0 amide bonds. The standard InChI is InChI=1S/C16H20N4O5/c1-22-16-12(15(17)19-8-20-16)6-18-5-10(21)7-23-11-2-3-13-14(4-11)25-9-24-13/h2-4,8,10,18,21H,5-7,9H2,1H3,(H2,17,19,20). The monoisotopic (exact) mass is 348 g/mol. The first kappa shape index (κ1) is 17.1. The van der Waals surface area contributed by atoms with Crippen LogP contribution in [0.2, 0.25) is 0 Å². The highest BCUT2D eigenvalue weighted by atomic mass is 16.7. The number of nitrogens with one attached hydrogen (secondary N) is 1. The number of fused-ring (bicyclic) bond motifs is 1. The average molecular weight is 348 g/mol. The zero-order chi connectivity index (χ0) is 17.6. The van der Waals surface area contributed by atoms with Crippen LogP contribution < -0.4 is 30.0 Å². The summed E-state index contributed by atoms with van der Waals surface area (Å²) in [6.45, 7) is 1.02. The molecule has 9 heteroatoms. The molecule has 1 aliphatic heterocycles. The molecule has 3 rings (SSSR count). The second-order valence-corrected chi connectivity index (χ2v) is 5.36. The number of ether oxygens (including phenoxy) is 4. The molecule has 0 radical (unpaired) electrons. The molecule has 1 aliphatic rings. The number of nitrogens with zero attached hydrogens (tertiary/aromatic N) is 2. The van der Waals surface area contributed by atoms with Crippen molar-refractivity contribution in [2.24, 2.45) is 0 Å². The molecule has 1 unspecified atom stereocenters. The second kappa shape index (κ2) is 7.86. The number of methoxy groups -OCH3 is 1. The summed E-state index contributed by atoms with van der Waals surface area (Å²) in [6, 6.07) is 5.27. The highest BCUT2D eigenvalue weighted by molar-refractivity contribution is 5.47. The number of anilines is 1. The molecular formula is C16H20N4O5. The van der Waals surface area contributed by atoms with Crippen molar-refractivity contribution in [3.05, 3.63) is 30.1 Å². The van der Waals surface area contributed by atoms with Crippen molar-refractivity contribution >= 4 is 5.82 Å². The Hall–Kier alpha value is -2.78. The van der Waals surface area contributed by atoms with Crippen molar-refractivity contribution in [2.75, 3.05) is 32.8 Å². The van der Waals surface area contributed by atoms with Crippen LogP contribution >= 0.6 is 0 Å². The zero-order valence-corrected chi connectivity index (χ0v) is 13.8. The molecule has 0 fully saturated rings. The minimum Gasteiger partial charge on any atom is -0.491 e. The minimum atomic E-state index is -0.706. The molecule has 1 aromatic carbocycles. The van der Waals surface area contributed by atoms with Crippen molar-refractivity contribution in [1.82, 2.24) is 15.3 Å². The molecule has 9 nitrogen and oxygen atoms in total. The molecule has 0 spiro atoms. The summed E-state index contributed by atoms with van der Waals surface area (Å²) in [7, 11) is 1.51. The molecule has 2 heterocycles. The Balaban J connectivity index is 1.45. The lowest BCUT2D eigenvalue weighted by atomic mass is 10.2. The molecule has 0 bridgehead atoms. The smallest absolute Gasteiger partial charge is 0.231 e. The third-order valence-electron chi connectivity index (χ3n) is 3.60. The van der Waals surface area contributed by atoms with Crippen LogP contribution in [0.3, 0.4) is 0 Å². The molecule has 1 atom stereocenters. The van der Waals surface area contributed by atoms with E-state index in [0.29, 0.717) is 47.6 Å². The van der Waals surface area contributed by atoms with Gasteiger partial charge in [0.05, 0.1) is 12.7 Å². The van der Waals surface area contributed by atoms with Crippen LogP contribution in [0.15, 0.2) is 24.5 Å². The Bertz CT molecular complexity index is 728. The van der Waals surface area contributed by atoms with E-state index < -0.39 is 6.10 Å². The first-order chi connectivity index (χ1) is 12.2. The van der Waals surface area contributed by atoms with Crippen LogP contribution in [0.4, 0.5) is 5.82 Å². The van der Waals surface area contributed by atoms with Gasteiger partial charge in [-0.1, -0.05) is 0 Å². The number of aromatic nitrogens is 2. The van der Waals surface area contributed by atoms with Crippen LogP contribution in [0.5, 0.6) is 23.1 Å². The van der Waals surface area contributed by atoms with E-state index in [4.69, 9.17) is 24.7 Å². The molecule has 0 saturated carbocycles. The van der Waals surface area contributed by atoms with Gasteiger partial charge < -0.3 is 35.1 Å². The molecular weight excluding hydrogens is 328 g/mol. The zero-order valence-electron chi connectivity index (χ0n) is 13.8. The largest absolute Gasteiger partial charge is 0.491 e. The van der Waals surface area contributed by atoms with Gasteiger partial charge in [-0.3, -0.25) is 0 Å². The van der Waals surface area contributed by atoms with Crippen LogP contribution in [0.25, 0.3) is 0 Å². The molecule has 134 valence electrons. The number of benzene rings is 1. The highest BCUT2D eigenvalue weighted by Gasteiger charge is 2.15. The van der Waals surface area contributed by atoms with Crippen molar-refractivity contribution in [3.63, 3.8) is 0 Å². The van der Waals surface area contributed by atoms with E-state index in [9.17, 15) is 5.11 Å². The summed E-state index contributed by atoms with van der Waals surface area (Å²) >= 11 is 0. The van der Waals surface area contributed by atoms with Crippen LogP contribution in [-0.2, 0) is 6.54 Å². The molecule has 2 aromatic rings. The van der Waals surface area contributed by atoms with Crippen LogP contribution in [-0.4, -0.2) is 48.2 Å². The van der Waals surface area contributed by atoms with Gasteiger partial charge >= 0.3 is 0 Å². The Kier molecular flexibility index (Phi) is 5.36. The minimum absolute atomic E-state index is 0.130. The Morgan fingerprint density at radius 3 is 3.00 bits per heavy atom. The molecule has 1 aromatic heterocycles. The van der Waals surface area contributed by atoms with Gasteiger partial charge in [-0.2, -0.15) is 0 Å². The number of rotatable bonds is 8. The summed E-state index contributed by atoms with van der Waals surface area (Å²) in [6.07, 6.45) is 0.633. The van der Waals surface area contributed by atoms with Crippen molar-refractivity contribution < 1.29 is 24.1 Å². The van der Waals surface area contributed by atoms with Crippen molar-refractivity contribution in [1.29, 1.82) is 0 Å². The van der Waals surface area contributed by atoms with Crippen LogP contribution in [0, 0.1) is 0 Å². The summed E-state index contributed by atoms with van der Waals surface area (Å²) in [5.74, 6) is 2.67. The van der Waals surface area contributed by atoms with E-state index in [2.05, 4.69) is 15.3 Å². The fourth-order valence-corrected chi connectivity index (χ4v) is 2.33. The maximum absolute atomic E-state index is 10.0. The van der Waals surface area contributed by atoms with E-state index in [1.165, 1.54) is 13.4 Å². The van der Waals surface area contributed by atoms with Crippen molar-refractivity contribution in [3.8, 4) is 23.1 Å². The van der Waals surface area contributed by atoms with E-state index in [0.717, 1.165) is 0 Å². The van der Waals surface area contributed by atoms with E-state index in [-0.39, 0.29) is 13.4 Å². The molecule has 0 saturated heterocycles. The Morgan fingerprint density at radius 2 is 2.16 bits per heavy atom. The highest BCUT2D eigenvalue weighted by Crippen LogP contribution is 2.35. The summed E-state index contributed by atoms with van der Waals surface area (Å²) in [5.41, 5.74) is 6.46. The normalized spacial score (nSPS) is 13.5. The number of hydrogen-bond donors (Lipinski definition) is 3. The first-order valence-corrected chi connectivity index (χ1v) is 7.72. The molecule has 25 heavy (non-hydrogen) atoms. The lowest BCUT2D eigenvalue weighted by Gasteiger charge is -2.14. The van der Waals surface area contributed by atoms with Gasteiger partial charge in [-0.25, -0.2) is 9.97 Å². The predicted octanol–water partition coefficient (Wildman–Crippen LogP) is 0.326. The van der Waals surface area contributed by atoms with Gasteiger partial charge in [0.25, 0.3) is 0 Å². The average Bonchev–Trinajstić information content (AvgIpc) is 3.09. The lowest BCUT2D eigenvalue weighted by Crippen LogP contribution is -2.31. The topological polar surface area (TPSA) is 121 Å². The van der Waals surface area contributed by atoms with E-state index >= 15 is 0 Å². The van der Waals surface area contributed by atoms with Gasteiger partial charge in [0.2, 0.25) is 12.7 Å². The lowest BCUT2D eigenvalue weighted by molar-refractivity contribution is 0.106. The molecule has 4 N–H and O–H groups in total. The summed E-state index contributed by atoms with van der Waals surface area (Å²) < 4.78 is 21.2. The maximum atomic E-state index is 10.0. The van der Waals surface area contributed by atoms with Gasteiger partial charge in [0.15, 0.2) is 11.5 Å². The quantitative estimate of drug-likeness (QED) is 0.619. The number of nitrogens with two attached hydrogens (primary N) is 1. The summed E-state index contributed by atoms with van der Waals surface area (Å²) in [4.78, 5) is 7.93. The van der Waals surface area contributed by atoms with Gasteiger partial charge in [-0.05, 0) is 12.1 Å². The Labute approximate surface area is 144 Å². The third-order valence-corrected chi connectivity index (χ3v) is 3.60. The fraction of sp³-hybridized carbons (Fsp3) is 0.375. The Morgan fingerprint density at radius 1 is 1.32 bits per heavy atom.